The summed E-state index contributed by atoms with van der Waals surface area (Å²) < 4.78 is 0. The lowest BCUT2D eigenvalue weighted by molar-refractivity contribution is -0.120. The zero-order valence-electron chi connectivity index (χ0n) is 12.5. The van der Waals surface area contributed by atoms with Crippen LogP contribution < -0.4 is 11.1 Å². The normalized spacial score (nSPS) is 20.9. The topological polar surface area (TPSA) is 55.1 Å². The number of hydrogen-bond acceptors (Lipinski definition) is 3. The number of rotatable bonds is 6. The smallest absolute Gasteiger partial charge is 0.227 e. The van der Waals surface area contributed by atoms with Crippen LogP contribution in [0.4, 0.5) is 5.69 Å². The maximum Gasteiger partial charge on any atom is 0.227 e. The molecule has 1 fully saturated rings. The Kier molecular flexibility index (Phi) is 8.15. The number of benzene rings is 1. The van der Waals surface area contributed by atoms with E-state index < -0.39 is 0 Å². The van der Waals surface area contributed by atoms with Gasteiger partial charge in [0.2, 0.25) is 5.91 Å². The molecule has 1 aromatic rings. The minimum atomic E-state index is 0. The van der Waals surface area contributed by atoms with Gasteiger partial charge in [-0.05, 0) is 48.8 Å². The number of carbonyl (C=O) groups excluding carboxylic acids is 1. The molecule has 1 aromatic carbocycles. The Hall–Kier alpha value is -0.710. The van der Waals surface area contributed by atoms with Crippen molar-refractivity contribution in [1.29, 1.82) is 0 Å². The van der Waals surface area contributed by atoms with E-state index in [4.69, 9.17) is 5.73 Å². The average Bonchev–Trinajstić information content (AvgIpc) is 2.94. The number of anilines is 1. The minimum Gasteiger partial charge on any atom is -0.330 e. The predicted octanol–water partition coefficient (Wildman–Crippen LogP) is 3.68. The summed E-state index contributed by atoms with van der Waals surface area (Å²) >= 11 is 1.89. The van der Waals surface area contributed by atoms with Gasteiger partial charge in [0, 0.05) is 17.4 Å². The van der Waals surface area contributed by atoms with Gasteiger partial charge in [0.1, 0.15) is 0 Å². The Morgan fingerprint density at radius 1 is 1.43 bits per heavy atom. The molecule has 0 bridgehead atoms. The van der Waals surface area contributed by atoms with Crippen LogP contribution in [-0.2, 0) is 10.5 Å². The standard InChI is InChI=1S/C16H24N2OS.ClH/c1-2-20-11-12-5-3-7-14(9-12)18-16(19)15-8-4-6-13(15)10-17;/h3,5,7,9,13,15H,2,4,6,8,10-11,17H2,1H3,(H,18,19);1H/t13-,15-;/m1./s1. The van der Waals surface area contributed by atoms with Gasteiger partial charge in [-0.3, -0.25) is 4.79 Å². The van der Waals surface area contributed by atoms with Gasteiger partial charge in [-0.2, -0.15) is 11.8 Å². The summed E-state index contributed by atoms with van der Waals surface area (Å²) in [6, 6.07) is 8.16. The van der Waals surface area contributed by atoms with Crippen molar-refractivity contribution in [3.63, 3.8) is 0 Å². The largest absolute Gasteiger partial charge is 0.330 e. The number of nitrogens with one attached hydrogen (secondary N) is 1. The van der Waals surface area contributed by atoms with Crippen LogP contribution in [0.2, 0.25) is 0 Å². The van der Waals surface area contributed by atoms with Gasteiger partial charge in [-0.15, -0.1) is 12.4 Å². The number of halogens is 1. The van der Waals surface area contributed by atoms with E-state index in [1.54, 1.807) is 0 Å². The van der Waals surface area contributed by atoms with Gasteiger partial charge in [-0.25, -0.2) is 0 Å². The molecule has 1 saturated carbocycles. The molecular weight excluding hydrogens is 304 g/mol. The van der Waals surface area contributed by atoms with Gasteiger partial charge >= 0.3 is 0 Å². The molecule has 1 aliphatic carbocycles. The fourth-order valence-electron chi connectivity index (χ4n) is 2.86. The van der Waals surface area contributed by atoms with E-state index in [1.807, 2.05) is 23.9 Å². The third kappa shape index (κ3) is 5.20. The number of thioether (sulfide) groups is 1. The molecule has 0 aliphatic heterocycles. The number of hydrogen-bond donors (Lipinski definition) is 2. The monoisotopic (exact) mass is 328 g/mol. The van der Waals surface area contributed by atoms with Crippen molar-refractivity contribution in [2.24, 2.45) is 17.6 Å². The van der Waals surface area contributed by atoms with Gasteiger partial charge < -0.3 is 11.1 Å². The lowest BCUT2D eigenvalue weighted by Crippen LogP contribution is -2.29. The van der Waals surface area contributed by atoms with E-state index in [2.05, 4.69) is 24.4 Å². The minimum absolute atomic E-state index is 0. The summed E-state index contributed by atoms with van der Waals surface area (Å²) in [7, 11) is 0. The Morgan fingerprint density at radius 3 is 2.95 bits per heavy atom. The lowest BCUT2D eigenvalue weighted by atomic mass is 9.95. The first-order valence-electron chi connectivity index (χ1n) is 7.42. The second kappa shape index (κ2) is 9.34. The highest BCUT2D eigenvalue weighted by Crippen LogP contribution is 2.32. The third-order valence-electron chi connectivity index (χ3n) is 3.97. The molecule has 0 saturated heterocycles. The van der Waals surface area contributed by atoms with Crippen molar-refractivity contribution in [2.75, 3.05) is 17.6 Å². The maximum atomic E-state index is 12.3. The second-order valence-electron chi connectivity index (χ2n) is 5.36. The van der Waals surface area contributed by atoms with Crippen LogP contribution >= 0.6 is 24.2 Å². The maximum absolute atomic E-state index is 12.3. The first-order chi connectivity index (χ1) is 9.74. The molecular formula is C16H25ClN2OS. The first kappa shape index (κ1) is 18.3. The van der Waals surface area contributed by atoms with E-state index >= 15 is 0 Å². The second-order valence-corrected chi connectivity index (χ2v) is 6.63. The third-order valence-corrected chi connectivity index (χ3v) is 4.91. The molecule has 0 radical (unpaired) electrons. The Morgan fingerprint density at radius 2 is 2.24 bits per heavy atom. The Balaban J connectivity index is 0.00000220. The fraction of sp³-hybridized carbons (Fsp3) is 0.562. The zero-order valence-corrected chi connectivity index (χ0v) is 14.1. The van der Waals surface area contributed by atoms with Crippen molar-refractivity contribution in [3.05, 3.63) is 29.8 Å². The van der Waals surface area contributed by atoms with Gasteiger partial charge in [0.25, 0.3) is 0 Å². The summed E-state index contributed by atoms with van der Waals surface area (Å²) in [4.78, 5) is 12.3. The van der Waals surface area contributed by atoms with Crippen molar-refractivity contribution in [2.45, 2.75) is 31.9 Å². The SMILES string of the molecule is CCSCc1cccc(NC(=O)[C@@H]2CCC[C@@H]2CN)c1.Cl. The molecule has 118 valence electrons. The van der Waals surface area contributed by atoms with Crippen LogP contribution in [0.25, 0.3) is 0 Å². The number of carbonyl (C=O) groups is 1. The molecule has 1 amide bonds. The van der Waals surface area contributed by atoms with Gasteiger partial charge in [-0.1, -0.05) is 25.5 Å². The van der Waals surface area contributed by atoms with E-state index in [9.17, 15) is 4.79 Å². The molecule has 0 aromatic heterocycles. The Labute approximate surface area is 137 Å². The first-order valence-corrected chi connectivity index (χ1v) is 8.57. The van der Waals surface area contributed by atoms with Crippen molar-refractivity contribution >= 4 is 35.8 Å². The van der Waals surface area contributed by atoms with Crippen LogP contribution in [0.15, 0.2) is 24.3 Å². The molecule has 2 atom stereocenters. The number of nitrogens with two attached hydrogens (primary N) is 1. The van der Waals surface area contributed by atoms with E-state index in [0.29, 0.717) is 12.5 Å². The van der Waals surface area contributed by atoms with Crippen LogP contribution in [0.1, 0.15) is 31.7 Å². The van der Waals surface area contributed by atoms with E-state index in [0.717, 1.165) is 36.5 Å². The molecule has 3 nitrogen and oxygen atoms in total. The summed E-state index contributed by atoms with van der Waals surface area (Å²) in [6.07, 6.45) is 3.17. The van der Waals surface area contributed by atoms with Crippen LogP contribution in [0.3, 0.4) is 0 Å². The van der Waals surface area contributed by atoms with Crippen molar-refractivity contribution in [1.82, 2.24) is 0 Å². The summed E-state index contributed by atoms with van der Waals surface area (Å²) in [5.74, 6) is 2.69. The quantitative estimate of drug-likeness (QED) is 0.837. The van der Waals surface area contributed by atoms with Crippen LogP contribution in [0.5, 0.6) is 0 Å². The highest BCUT2D eigenvalue weighted by molar-refractivity contribution is 7.98. The van der Waals surface area contributed by atoms with Crippen molar-refractivity contribution < 1.29 is 4.79 Å². The molecule has 0 heterocycles. The summed E-state index contributed by atoms with van der Waals surface area (Å²) in [6.45, 7) is 2.77. The van der Waals surface area contributed by atoms with Gasteiger partial charge in [0.15, 0.2) is 0 Å². The zero-order chi connectivity index (χ0) is 14.4. The highest BCUT2D eigenvalue weighted by Gasteiger charge is 2.31. The van der Waals surface area contributed by atoms with Crippen LogP contribution in [-0.4, -0.2) is 18.2 Å². The molecule has 0 unspecified atom stereocenters. The van der Waals surface area contributed by atoms with E-state index in [-0.39, 0.29) is 24.2 Å². The molecule has 1 aliphatic rings. The lowest BCUT2D eigenvalue weighted by Gasteiger charge is -2.17. The highest BCUT2D eigenvalue weighted by atomic mass is 35.5. The molecule has 3 N–H and O–H groups in total. The molecule has 21 heavy (non-hydrogen) atoms. The predicted molar refractivity (Wildman–Crippen MR) is 94.0 cm³/mol. The average molecular weight is 329 g/mol. The van der Waals surface area contributed by atoms with Crippen LogP contribution in [0, 0.1) is 11.8 Å². The van der Waals surface area contributed by atoms with Crippen molar-refractivity contribution in [3.8, 4) is 0 Å². The fourth-order valence-corrected chi connectivity index (χ4v) is 3.48. The van der Waals surface area contributed by atoms with E-state index in [1.165, 1.54) is 5.56 Å². The Bertz CT molecular complexity index is 456. The summed E-state index contributed by atoms with van der Waals surface area (Å²) in [5, 5.41) is 3.06. The molecule has 5 heteroatoms. The summed E-state index contributed by atoms with van der Waals surface area (Å²) in [5.41, 5.74) is 7.92. The van der Waals surface area contributed by atoms with Gasteiger partial charge in [0.05, 0.1) is 0 Å². The number of amides is 1. The molecule has 0 spiro atoms. The molecule has 2 rings (SSSR count).